The molecule has 2 fully saturated rings. The SMILES string of the molecule is CCOP(=O)(OCC)C1CC[C@H]2CCC[C@@H](c3ccc(Cl)cc3)N2C1=O. The van der Waals surface area contributed by atoms with Crippen LogP contribution in [-0.2, 0) is 18.4 Å². The maximum atomic E-state index is 13.4. The van der Waals surface area contributed by atoms with E-state index in [9.17, 15) is 9.36 Å². The van der Waals surface area contributed by atoms with Crippen molar-refractivity contribution in [2.75, 3.05) is 13.2 Å². The number of carbonyl (C=O) groups excluding carboxylic acids is 1. The first-order valence-electron chi connectivity index (χ1n) is 9.46. The summed E-state index contributed by atoms with van der Waals surface area (Å²) in [5, 5.41) is 0.682. The number of fused-ring (bicyclic) bond motifs is 1. The van der Waals surface area contributed by atoms with Crippen LogP contribution in [-0.4, -0.2) is 35.7 Å². The summed E-state index contributed by atoms with van der Waals surface area (Å²) in [4.78, 5) is 15.3. The Morgan fingerprint density at radius 1 is 1.08 bits per heavy atom. The molecule has 1 aromatic rings. The topological polar surface area (TPSA) is 55.8 Å². The van der Waals surface area contributed by atoms with Crippen molar-refractivity contribution in [1.82, 2.24) is 4.90 Å². The molecule has 1 amide bonds. The molecule has 3 atom stereocenters. The van der Waals surface area contributed by atoms with Gasteiger partial charge in [0.05, 0.1) is 19.3 Å². The van der Waals surface area contributed by atoms with Crippen molar-refractivity contribution in [1.29, 1.82) is 0 Å². The minimum absolute atomic E-state index is 0.00183. The second-order valence-electron chi connectivity index (χ2n) is 6.87. The summed E-state index contributed by atoms with van der Waals surface area (Å²) >= 11 is 6.02. The van der Waals surface area contributed by atoms with Crippen LogP contribution in [0.4, 0.5) is 0 Å². The van der Waals surface area contributed by atoms with Gasteiger partial charge in [-0.25, -0.2) is 0 Å². The van der Waals surface area contributed by atoms with Gasteiger partial charge in [-0.3, -0.25) is 9.36 Å². The molecule has 0 saturated carbocycles. The maximum absolute atomic E-state index is 13.4. The molecule has 0 N–H and O–H groups in total. The molecule has 5 nitrogen and oxygen atoms in total. The summed E-state index contributed by atoms with van der Waals surface area (Å²) in [6, 6.07) is 7.88. The molecule has 144 valence electrons. The fourth-order valence-corrected chi connectivity index (χ4v) is 6.37. The highest BCUT2D eigenvalue weighted by atomic mass is 35.5. The Kier molecular flexibility index (Phi) is 6.45. The highest BCUT2D eigenvalue weighted by Gasteiger charge is 2.50. The third-order valence-corrected chi connectivity index (χ3v) is 8.04. The van der Waals surface area contributed by atoms with Crippen LogP contribution in [0.2, 0.25) is 5.02 Å². The van der Waals surface area contributed by atoms with Gasteiger partial charge >= 0.3 is 7.60 Å². The first kappa shape index (κ1) is 19.9. The van der Waals surface area contributed by atoms with E-state index in [0.717, 1.165) is 31.2 Å². The standard InChI is InChI=1S/C19H27ClNO4P/c1-3-24-26(23,25-4-2)18-13-12-16-6-5-7-17(21(16)19(18)22)14-8-10-15(20)11-9-14/h8-11,16-18H,3-7,12-13H2,1-2H3/t16-,17+,18?/m1/s1. The van der Waals surface area contributed by atoms with E-state index in [0.29, 0.717) is 11.4 Å². The number of piperidine rings is 2. The number of amides is 1. The van der Waals surface area contributed by atoms with Gasteiger partial charge in [0.2, 0.25) is 5.91 Å². The van der Waals surface area contributed by atoms with Crippen molar-refractivity contribution in [3.05, 3.63) is 34.9 Å². The van der Waals surface area contributed by atoms with Crippen LogP contribution in [0.15, 0.2) is 24.3 Å². The van der Waals surface area contributed by atoms with Gasteiger partial charge < -0.3 is 13.9 Å². The number of rotatable bonds is 6. The summed E-state index contributed by atoms with van der Waals surface area (Å²) in [6.07, 6.45) is 4.39. The highest BCUT2D eigenvalue weighted by molar-refractivity contribution is 7.55. The summed E-state index contributed by atoms with van der Waals surface area (Å²) in [5.74, 6) is -0.0915. The van der Waals surface area contributed by atoms with Crippen LogP contribution < -0.4 is 0 Å². The quantitative estimate of drug-likeness (QED) is 0.617. The van der Waals surface area contributed by atoms with E-state index in [1.807, 2.05) is 29.2 Å². The van der Waals surface area contributed by atoms with E-state index in [1.54, 1.807) is 13.8 Å². The van der Waals surface area contributed by atoms with Gasteiger partial charge in [-0.1, -0.05) is 23.7 Å². The number of carbonyl (C=O) groups is 1. The Bertz CT molecular complexity index is 671. The summed E-state index contributed by atoms with van der Waals surface area (Å²) in [5.41, 5.74) is 0.377. The predicted molar refractivity (Wildman–Crippen MR) is 103 cm³/mol. The molecule has 2 aliphatic heterocycles. The zero-order chi connectivity index (χ0) is 18.7. The average molecular weight is 400 g/mol. The lowest BCUT2D eigenvalue weighted by atomic mass is 9.85. The lowest BCUT2D eigenvalue weighted by molar-refractivity contribution is -0.142. The number of hydrogen-bond acceptors (Lipinski definition) is 4. The van der Waals surface area contributed by atoms with Crippen molar-refractivity contribution in [3.63, 3.8) is 0 Å². The monoisotopic (exact) mass is 399 g/mol. The van der Waals surface area contributed by atoms with Gasteiger partial charge in [0.25, 0.3) is 0 Å². The Balaban J connectivity index is 1.90. The minimum Gasteiger partial charge on any atom is -0.332 e. The first-order valence-corrected chi connectivity index (χ1v) is 11.5. The lowest BCUT2D eigenvalue weighted by Gasteiger charge is -2.48. The van der Waals surface area contributed by atoms with Crippen LogP contribution in [0.1, 0.15) is 57.6 Å². The number of halogens is 1. The Morgan fingerprint density at radius 2 is 1.73 bits per heavy atom. The normalized spacial score (nSPS) is 26.7. The van der Waals surface area contributed by atoms with Gasteiger partial charge in [0, 0.05) is 11.1 Å². The van der Waals surface area contributed by atoms with Crippen LogP contribution >= 0.6 is 19.2 Å². The molecule has 2 heterocycles. The molecular formula is C19H27ClNO4P. The molecular weight excluding hydrogens is 373 g/mol. The zero-order valence-corrected chi connectivity index (χ0v) is 17.0. The molecule has 2 aliphatic rings. The van der Waals surface area contributed by atoms with Gasteiger partial charge in [0.1, 0.15) is 5.66 Å². The van der Waals surface area contributed by atoms with Crippen LogP contribution in [0.5, 0.6) is 0 Å². The zero-order valence-electron chi connectivity index (χ0n) is 15.4. The molecule has 0 aliphatic carbocycles. The van der Waals surface area contributed by atoms with Crippen molar-refractivity contribution in [2.24, 2.45) is 0 Å². The fraction of sp³-hybridized carbons (Fsp3) is 0.632. The molecule has 0 radical (unpaired) electrons. The minimum atomic E-state index is -3.45. The lowest BCUT2D eigenvalue weighted by Crippen LogP contribution is -2.53. The van der Waals surface area contributed by atoms with Gasteiger partial charge in [-0.15, -0.1) is 0 Å². The van der Waals surface area contributed by atoms with Crippen molar-refractivity contribution in [2.45, 2.75) is 63.7 Å². The highest BCUT2D eigenvalue weighted by Crippen LogP contribution is 2.57. The van der Waals surface area contributed by atoms with Crippen molar-refractivity contribution in [3.8, 4) is 0 Å². The van der Waals surface area contributed by atoms with Crippen molar-refractivity contribution >= 4 is 25.1 Å². The first-order chi connectivity index (χ1) is 12.5. The predicted octanol–water partition coefficient (Wildman–Crippen LogP) is 5.19. The summed E-state index contributed by atoms with van der Waals surface area (Å²) < 4.78 is 24.2. The molecule has 2 saturated heterocycles. The Morgan fingerprint density at radius 3 is 2.35 bits per heavy atom. The molecule has 7 heteroatoms. The molecule has 0 bridgehead atoms. The molecule has 26 heavy (non-hydrogen) atoms. The number of hydrogen-bond donors (Lipinski definition) is 0. The number of nitrogens with zero attached hydrogens (tertiary/aromatic N) is 1. The molecule has 0 spiro atoms. The van der Waals surface area contributed by atoms with Crippen LogP contribution in [0.3, 0.4) is 0 Å². The average Bonchev–Trinajstić information content (AvgIpc) is 2.62. The summed E-state index contributed by atoms with van der Waals surface area (Å²) in [7, 11) is -3.45. The molecule has 3 rings (SSSR count). The number of benzene rings is 1. The third kappa shape index (κ3) is 3.87. The van der Waals surface area contributed by atoms with Crippen LogP contribution in [0, 0.1) is 0 Å². The molecule has 0 aromatic heterocycles. The summed E-state index contributed by atoms with van der Waals surface area (Å²) in [6.45, 7) is 4.09. The fourth-order valence-electron chi connectivity index (χ4n) is 4.22. The van der Waals surface area contributed by atoms with Gasteiger partial charge in [-0.05, 0) is 63.6 Å². The van der Waals surface area contributed by atoms with E-state index < -0.39 is 13.3 Å². The third-order valence-electron chi connectivity index (χ3n) is 5.31. The smallest absolute Gasteiger partial charge is 0.332 e. The second-order valence-corrected chi connectivity index (χ2v) is 9.52. The van der Waals surface area contributed by atoms with Gasteiger partial charge in [0.15, 0.2) is 0 Å². The van der Waals surface area contributed by atoms with E-state index in [4.69, 9.17) is 20.6 Å². The largest absolute Gasteiger partial charge is 0.343 e. The Labute approximate surface area is 160 Å². The molecule has 1 unspecified atom stereocenters. The van der Waals surface area contributed by atoms with E-state index in [1.165, 1.54) is 0 Å². The second kappa shape index (κ2) is 8.43. The van der Waals surface area contributed by atoms with E-state index in [-0.39, 0.29) is 31.2 Å². The van der Waals surface area contributed by atoms with Crippen molar-refractivity contribution < 1.29 is 18.4 Å². The van der Waals surface area contributed by atoms with E-state index in [2.05, 4.69) is 0 Å². The maximum Gasteiger partial charge on any atom is 0.343 e. The Hall–Kier alpha value is -0.870. The van der Waals surface area contributed by atoms with Crippen LogP contribution in [0.25, 0.3) is 0 Å². The van der Waals surface area contributed by atoms with Gasteiger partial charge in [-0.2, -0.15) is 0 Å². The molecule has 1 aromatic carbocycles. The van der Waals surface area contributed by atoms with E-state index >= 15 is 0 Å².